The van der Waals surface area contributed by atoms with Crippen LogP contribution in [0.2, 0.25) is 0 Å². The molecule has 1 heterocycles. The Bertz CT molecular complexity index is 364. The molecule has 0 spiro atoms. The Labute approximate surface area is 82.3 Å². The first-order valence-electron chi connectivity index (χ1n) is 3.77. The van der Waals surface area contributed by atoms with Crippen molar-refractivity contribution >= 4 is 5.97 Å². The second kappa shape index (κ2) is 4.16. The van der Waals surface area contributed by atoms with Crippen molar-refractivity contribution in [3.8, 4) is 5.75 Å². The molecule has 0 aliphatic carbocycles. The molecular weight excluding hydrogens is 215 g/mol. The van der Waals surface area contributed by atoms with Crippen LogP contribution in [0.15, 0.2) is 18.5 Å². The zero-order chi connectivity index (χ0) is 11.5. The van der Waals surface area contributed by atoms with Gasteiger partial charge in [0.2, 0.25) is 0 Å². The average molecular weight is 221 g/mol. The summed E-state index contributed by atoms with van der Waals surface area (Å²) in [7, 11) is 0. The predicted molar refractivity (Wildman–Crippen MR) is 42.4 cm³/mol. The van der Waals surface area contributed by atoms with Gasteiger partial charge in [-0.25, -0.2) is 4.79 Å². The van der Waals surface area contributed by atoms with Crippen molar-refractivity contribution in [3.63, 3.8) is 0 Å². The topological polar surface area (TPSA) is 59.4 Å². The Kier molecular flexibility index (Phi) is 3.13. The molecule has 0 saturated heterocycles. The number of carbonyl (C=O) groups is 1. The Balaban J connectivity index is 2.92. The monoisotopic (exact) mass is 221 g/mol. The van der Waals surface area contributed by atoms with Gasteiger partial charge in [-0.3, -0.25) is 4.98 Å². The normalized spacial score (nSPS) is 11.1. The fourth-order valence-electron chi connectivity index (χ4n) is 0.869. The Morgan fingerprint density at radius 1 is 1.53 bits per heavy atom. The maximum atomic E-state index is 12.3. The van der Waals surface area contributed by atoms with Crippen LogP contribution in [0, 0.1) is 0 Å². The zero-order valence-electron chi connectivity index (χ0n) is 7.28. The molecule has 0 atom stereocenters. The second-order valence-corrected chi connectivity index (χ2v) is 2.55. The molecule has 1 aromatic rings. The highest BCUT2D eigenvalue weighted by atomic mass is 19.4. The van der Waals surface area contributed by atoms with Crippen molar-refractivity contribution in [1.29, 1.82) is 0 Å². The summed E-state index contributed by atoms with van der Waals surface area (Å²) in [6.45, 7) is -0.839. The fraction of sp³-hybridized carbons (Fsp3) is 0.250. The molecular formula is C8H6F3NO3. The Morgan fingerprint density at radius 2 is 2.20 bits per heavy atom. The summed E-state index contributed by atoms with van der Waals surface area (Å²) < 4.78 is 41.4. The number of aromatic nitrogens is 1. The maximum Gasteiger partial charge on any atom is 0.420 e. The minimum Gasteiger partial charge on any atom is -0.480 e. The lowest BCUT2D eigenvalue weighted by atomic mass is 10.2. The van der Waals surface area contributed by atoms with Crippen LogP contribution in [0.25, 0.3) is 0 Å². The first-order valence-corrected chi connectivity index (χ1v) is 3.77. The van der Waals surface area contributed by atoms with E-state index < -0.39 is 30.1 Å². The summed E-state index contributed by atoms with van der Waals surface area (Å²) in [6.07, 6.45) is -2.81. The number of carboxylic acid groups (broad SMARTS) is 1. The van der Waals surface area contributed by atoms with Gasteiger partial charge in [-0.1, -0.05) is 0 Å². The van der Waals surface area contributed by atoms with Gasteiger partial charge < -0.3 is 9.84 Å². The SMILES string of the molecule is O=C(O)COc1cnccc1C(F)(F)F. The maximum absolute atomic E-state index is 12.3. The number of alkyl halides is 3. The van der Waals surface area contributed by atoms with Crippen molar-refractivity contribution < 1.29 is 27.8 Å². The minimum atomic E-state index is -4.59. The number of nitrogens with zero attached hydrogens (tertiary/aromatic N) is 1. The van der Waals surface area contributed by atoms with E-state index in [9.17, 15) is 18.0 Å². The third kappa shape index (κ3) is 3.12. The highest BCUT2D eigenvalue weighted by molar-refractivity contribution is 5.68. The highest BCUT2D eigenvalue weighted by Gasteiger charge is 2.34. The van der Waals surface area contributed by atoms with Gasteiger partial charge in [0.25, 0.3) is 0 Å². The fourth-order valence-corrected chi connectivity index (χ4v) is 0.869. The Hall–Kier alpha value is -1.79. The number of hydrogen-bond acceptors (Lipinski definition) is 3. The van der Waals surface area contributed by atoms with Crippen molar-refractivity contribution in [2.24, 2.45) is 0 Å². The second-order valence-electron chi connectivity index (χ2n) is 2.55. The molecule has 0 radical (unpaired) electrons. The van der Waals surface area contributed by atoms with Crippen LogP contribution in [-0.2, 0) is 11.0 Å². The molecule has 1 N–H and O–H groups in total. The molecule has 0 saturated carbocycles. The smallest absolute Gasteiger partial charge is 0.420 e. The summed E-state index contributed by atoms with van der Waals surface area (Å²) in [4.78, 5) is 13.5. The molecule has 0 aliphatic heterocycles. The summed E-state index contributed by atoms with van der Waals surface area (Å²) in [5.74, 6) is -1.95. The van der Waals surface area contributed by atoms with Gasteiger partial charge in [-0.05, 0) is 6.07 Å². The molecule has 0 amide bonds. The average Bonchev–Trinajstić information content (AvgIpc) is 2.13. The number of carboxylic acids is 1. The molecule has 1 aromatic heterocycles. The van der Waals surface area contributed by atoms with Crippen molar-refractivity contribution in [1.82, 2.24) is 4.98 Å². The Morgan fingerprint density at radius 3 is 2.73 bits per heavy atom. The number of halogens is 3. The molecule has 0 aliphatic rings. The van der Waals surface area contributed by atoms with Crippen LogP contribution in [0.4, 0.5) is 13.2 Å². The largest absolute Gasteiger partial charge is 0.480 e. The first kappa shape index (κ1) is 11.3. The van der Waals surface area contributed by atoms with E-state index in [0.29, 0.717) is 0 Å². The van der Waals surface area contributed by atoms with Crippen LogP contribution >= 0.6 is 0 Å². The number of aliphatic carboxylic acids is 1. The lowest BCUT2D eigenvalue weighted by Gasteiger charge is -2.11. The number of hydrogen-bond donors (Lipinski definition) is 1. The molecule has 15 heavy (non-hydrogen) atoms. The van der Waals surface area contributed by atoms with E-state index in [4.69, 9.17) is 5.11 Å². The van der Waals surface area contributed by atoms with Crippen molar-refractivity contribution in [3.05, 3.63) is 24.0 Å². The quantitative estimate of drug-likeness (QED) is 0.841. The van der Waals surface area contributed by atoms with Crippen LogP contribution < -0.4 is 4.74 Å². The van der Waals surface area contributed by atoms with Gasteiger partial charge in [0.1, 0.15) is 5.56 Å². The number of rotatable bonds is 3. The number of ether oxygens (including phenoxy) is 1. The third-order valence-corrected chi connectivity index (χ3v) is 1.44. The van der Waals surface area contributed by atoms with E-state index in [0.717, 1.165) is 18.5 Å². The minimum absolute atomic E-state index is 0.590. The summed E-state index contributed by atoms with van der Waals surface area (Å²) in [5, 5.41) is 8.24. The molecule has 0 aromatic carbocycles. The van der Waals surface area contributed by atoms with Gasteiger partial charge in [-0.15, -0.1) is 0 Å². The molecule has 4 nitrogen and oxygen atoms in total. The lowest BCUT2D eigenvalue weighted by Crippen LogP contribution is -2.14. The van der Waals surface area contributed by atoms with Crippen LogP contribution in [-0.4, -0.2) is 22.7 Å². The van der Waals surface area contributed by atoms with Crippen molar-refractivity contribution in [2.75, 3.05) is 6.61 Å². The van der Waals surface area contributed by atoms with Gasteiger partial charge in [0, 0.05) is 6.20 Å². The van der Waals surface area contributed by atoms with E-state index in [2.05, 4.69) is 9.72 Å². The lowest BCUT2D eigenvalue weighted by molar-refractivity contribution is -0.143. The molecule has 7 heteroatoms. The summed E-state index contributed by atoms with van der Waals surface area (Å²) in [5.41, 5.74) is -1.04. The van der Waals surface area contributed by atoms with E-state index >= 15 is 0 Å². The van der Waals surface area contributed by atoms with E-state index in [1.165, 1.54) is 0 Å². The summed E-state index contributed by atoms with van der Waals surface area (Å²) in [6, 6.07) is 0.719. The molecule has 0 unspecified atom stereocenters. The number of pyridine rings is 1. The van der Waals surface area contributed by atoms with Gasteiger partial charge in [-0.2, -0.15) is 13.2 Å². The van der Waals surface area contributed by atoms with E-state index in [-0.39, 0.29) is 0 Å². The summed E-state index contributed by atoms with van der Waals surface area (Å²) >= 11 is 0. The molecule has 0 fully saturated rings. The van der Waals surface area contributed by atoms with E-state index in [1.807, 2.05) is 0 Å². The van der Waals surface area contributed by atoms with Gasteiger partial charge in [0.05, 0.1) is 6.20 Å². The predicted octanol–water partition coefficient (Wildman–Crippen LogP) is 1.56. The zero-order valence-corrected chi connectivity index (χ0v) is 7.28. The first-order chi connectivity index (χ1) is 6.91. The standard InChI is InChI=1S/C8H6F3NO3/c9-8(10,11)5-1-2-12-3-6(5)15-4-7(13)14/h1-3H,4H2,(H,13,14). The van der Waals surface area contributed by atoms with Crippen LogP contribution in [0.5, 0.6) is 5.75 Å². The van der Waals surface area contributed by atoms with Gasteiger partial charge >= 0.3 is 12.1 Å². The van der Waals surface area contributed by atoms with Crippen LogP contribution in [0.3, 0.4) is 0 Å². The highest BCUT2D eigenvalue weighted by Crippen LogP contribution is 2.35. The van der Waals surface area contributed by atoms with E-state index in [1.54, 1.807) is 0 Å². The van der Waals surface area contributed by atoms with Crippen molar-refractivity contribution in [2.45, 2.75) is 6.18 Å². The van der Waals surface area contributed by atoms with Gasteiger partial charge in [0.15, 0.2) is 12.4 Å². The molecule has 0 bridgehead atoms. The third-order valence-electron chi connectivity index (χ3n) is 1.44. The molecule has 82 valence electrons. The van der Waals surface area contributed by atoms with Crippen LogP contribution in [0.1, 0.15) is 5.56 Å². The molecule has 1 rings (SSSR count).